The van der Waals surface area contributed by atoms with Gasteiger partial charge in [0.05, 0.1) is 32.4 Å². The molecule has 2 aliphatic heterocycles. The summed E-state index contributed by atoms with van der Waals surface area (Å²) in [4.78, 5) is 44.0. The molecule has 244 valence electrons. The van der Waals surface area contributed by atoms with Crippen LogP contribution in [0.1, 0.15) is 49.5 Å². The number of rotatable bonds is 9. The topological polar surface area (TPSA) is 88.6 Å². The molecule has 0 unspecified atom stereocenters. The largest absolute Gasteiger partial charge is 0.465 e. The van der Waals surface area contributed by atoms with E-state index in [2.05, 4.69) is 69.3 Å². The highest BCUT2D eigenvalue weighted by Crippen LogP contribution is 2.38. The summed E-state index contributed by atoms with van der Waals surface area (Å²) in [5, 5.41) is 2.19. The first-order valence-electron chi connectivity index (χ1n) is 15.9. The number of likely N-dealkylation sites (tertiary alicyclic amines) is 1. The van der Waals surface area contributed by atoms with Gasteiger partial charge in [-0.05, 0) is 45.9 Å². The van der Waals surface area contributed by atoms with Crippen LogP contribution in [0, 0.1) is 0 Å². The van der Waals surface area contributed by atoms with Crippen molar-refractivity contribution in [3.63, 3.8) is 0 Å². The van der Waals surface area contributed by atoms with E-state index in [1.165, 1.54) is 24.6 Å². The van der Waals surface area contributed by atoms with Crippen LogP contribution < -0.4 is 10.4 Å². The van der Waals surface area contributed by atoms with Gasteiger partial charge in [-0.25, -0.2) is 14.4 Å². The average molecular weight is 644 g/mol. The van der Waals surface area contributed by atoms with Crippen LogP contribution in [-0.4, -0.2) is 93.7 Å². The second-order valence-electron chi connectivity index (χ2n) is 13.1. The predicted octanol–water partition coefficient (Wildman–Crippen LogP) is 4.89. The number of benzene rings is 3. The molecule has 3 aromatic rings. The number of esters is 1. The van der Waals surface area contributed by atoms with Gasteiger partial charge in [-0.1, -0.05) is 93.6 Å². The molecule has 0 aromatic heterocycles. The molecule has 0 radical (unpaired) electrons. The molecule has 2 aliphatic rings. The molecule has 1 atom stereocenters. The van der Waals surface area contributed by atoms with Gasteiger partial charge >= 0.3 is 18.1 Å². The van der Waals surface area contributed by atoms with Crippen molar-refractivity contribution >= 4 is 36.8 Å². The van der Waals surface area contributed by atoms with Gasteiger partial charge in [-0.15, -0.1) is 0 Å². The van der Waals surface area contributed by atoms with E-state index in [1.807, 2.05) is 34.1 Å². The summed E-state index contributed by atoms with van der Waals surface area (Å²) in [5.74, 6) is -0.395. The van der Waals surface area contributed by atoms with Gasteiger partial charge in [0.15, 0.2) is 0 Å². The summed E-state index contributed by atoms with van der Waals surface area (Å²) in [7, 11) is -0.0808. The zero-order valence-corrected chi connectivity index (χ0v) is 28.5. The van der Waals surface area contributed by atoms with E-state index in [1.54, 1.807) is 17.0 Å². The third kappa shape index (κ3) is 6.68. The van der Waals surface area contributed by atoms with Gasteiger partial charge in [0.1, 0.15) is 0 Å². The molecule has 0 bridgehead atoms. The lowest BCUT2D eigenvalue weighted by atomic mass is 10.0. The van der Waals surface area contributed by atoms with Crippen molar-refractivity contribution in [3.8, 4) is 0 Å². The van der Waals surface area contributed by atoms with Crippen molar-refractivity contribution in [2.24, 2.45) is 0 Å². The van der Waals surface area contributed by atoms with Crippen LogP contribution in [0.25, 0.3) is 0 Å². The third-order valence-corrected chi connectivity index (χ3v) is 14.3. The molecule has 0 N–H and O–H groups in total. The lowest BCUT2D eigenvalue weighted by molar-refractivity contribution is 0.0600. The van der Waals surface area contributed by atoms with Gasteiger partial charge in [0.2, 0.25) is 0 Å². The Bertz CT molecular complexity index is 1450. The van der Waals surface area contributed by atoms with Crippen molar-refractivity contribution in [3.05, 3.63) is 96.1 Å². The molecule has 46 heavy (non-hydrogen) atoms. The number of methoxy groups -OCH3 is 2. The van der Waals surface area contributed by atoms with E-state index >= 15 is 0 Å². The van der Waals surface area contributed by atoms with Gasteiger partial charge in [0, 0.05) is 32.2 Å². The minimum absolute atomic E-state index is 0.0344. The molecule has 2 heterocycles. The fourth-order valence-electron chi connectivity index (χ4n) is 6.98. The number of hydrogen-bond acceptors (Lipinski definition) is 6. The smallest absolute Gasteiger partial charge is 0.409 e. The SMILES string of the molecule is COC(=O)c1ccc(CN2C[C@@H](CO[Si](c3ccccc3)(c3ccccc3)C(C)(C)C)N(C3CCN(C(=O)OC)CC3)C2=O)cc1. The van der Waals surface area contributed by atoms with Crippen molar-refractivity contribution in [1.29, 1.82) is 0 Å². The Morgan fingerprint density at radius 1 is 0.826 bits per heavy atom. The molecule has 3 aromatic carbocycles. The Labute approximate surface area is 273 Å². The zero-order chi connectivity index (χ0) is 32.9. The Balaban J connectivity index is 1.45. The van der Waals surface area contributed by atoms with E-state index in [4.69, 9.17) is 13.9 Å². The van der Waals surface area contributed by atoms with Crippen molar-refractivity contribution in [2.45, 2.75) is 57.3 Å². The standard InChI is InChI=1S/C36H45N3O6Si/c1-36(2,3)46(31-12-8-6-9-13-31,32-14-10-7-11-15-32)45-26-30-25-38(24-27-16-18-28(19-17-27)33(40)43-4)34(41)39(30)29-20-22-37(23-21-29)35(42)44-5/h6-19,29-30H,20-26H2,1-5H3/t30-/m0/s1. The van der Waals surface area contributed by atoms with Crippen molar-refractivity contribution < 1.29 is 28.3 Å². The van der Waals surface area contributed by atoms with Crippen LogP contribution in [0.3, 0.4) is 0 Å². The molecule has 9 nitrogen and oxygen atoms in total. The first-order valence-corrected chi connectivity index (χ1v) is 17.8. The minimum atomic E-state index is -2.84. The van der Waals surface area contributed by atoms with E-state index in [0.717, 1.165) is 5.56 Å². The quantitative estimate of drug-likeness (QED) is 0.244. The van der Waals surface area contributed by atoms with Crippen LogP contribution >= 0.6 is 0 Å². The van der Waals surface area contributed by atoms with E-state index in [9.17, 15) is 14.4 Å². The first kappa shape index (κ1) is 33.2. The summed E-state index contributed by atoms with van der Waals surface area (Å²) >= 11 is 0. The fourth-order valence-corrected chi connectivity index (χ4v) is 11.6. The molecule has 2 fully saturated rings. The van der Waals surface area contributed by atoms with Gasteiger partial charge in [-0.2, -0.15) is 0 Å². The fraction of sp³-hybridized carbons (Fsp3) is 0.417. The Morgan fingerprint density at radius 3 is 1.89 bits per heavy atom. The highest BCUT2D eigenvalue weighted by Gasteiger charge is 2.52. The molecule has 2 saturated heterocycles. The molecule has 3 amide bonds. The van der Waals surface area contributed by atoms with Gasteiger partial charge < -0.3 is 28.6 Å². The predicted molar refractivity (Wildman–Crippen MR) is 180 cm³/mol. The van der Waals surface area contributed by atoms with Crippen LogP contribution in [-0.2, 0) is 20.4 Å². The van der Waals surface area contributed by atoms with E-state index < -0.39 is 14.3 Å². The number of hydrogen-bond donors (Lipinski definition) is 0. The molecule has 0 spiro atoms. The molecule has 0 saturated carbocycles. The second kappa shape index (κ2) is 14.1. The number of carbonyl (C=O) groups excluding carboxylic acids is 3. The maximum atomic E-state index is 14.2. The maximum absolute atomic E-state index is 14.2. The molecule has 5 rings (SSSR count). The molecule has 0 aliphatic carbocycles. The minimum Gasteiger partial charge on any atom is -0.465 e. The van der Waals surface area contributed by atoms with E-state index in [0.29, 0.717) is 51.2 Å². The summed E-state index contributed by atoms with van der Waals surface area (Å²) in [6.45, 7) is 9.11. The normalized spacial score (nSPS) is 17.7. The second-order valence-corrected chi connectivity index (χ2v) is 17.4. The Morgan fingerprint density at radius 2 is 1.39 bits per heavy atom. The number of urea groups is 1. The monoisotopic (exact) mass is 643 g/mol. The van der Waals surface area contributed by atoms with Crippen molar-refractivity contribution in [1.82, 2.24) is 14.7 Å². The lowest BCUT2D eigenvalue weighted by Gasteiger charge is -2.44. The van der Waals surface area contributed by atoms with Crippen LogP contribution in [0.2, 0.25) is 5.04 Å². The lowest BCUT2D eigenvalue weighted by Crippen LogP contribution is -2.67. The first-order chi connectivity index (χ1) is 22.1. The third-order valence-electron chi connectivity index (χ3n) is 9.26. The summed E-state index contributed by atoms with van der Waals surface area (Å²) in [6.07, 6.45) is 0.992. The number of ether oxygens (including phenoxy) is 2. The molecule has 10 heteroatoms. The van der Waals surface area contributed by atoms with E-state index in [-0.39, 0.29) is 29.2 Å². The van der Waals surface area contributed by atoms with Crippen LogP contribution in [0.15, 0.2) is 84.9 Å². The number of amides is 3. The van der Waals surface area contributed by atoms with Gasteiger partial charge in [-0.3, -0.25) is 0 Å². The molecular formula is C36H45N3O6Si. The Hall–Kier alpha value is -4.15. The highest BCUT2D eigenvalue weighted by molar-refractivity contribution is 6.99. The number of nitrogens with zero attached hydrogens (tertiary/aromatic N) is 3. The summed E-state index contributed by atoms with van der Waals surface area (Å²) in [5.41, 5.74) is 1.39. The number of piperidine rings is 1. The highest BCUT2D eigenvalue weighted by atomic mass is 28.4. The van der Waals surface area contributed by atoms with Crippen LogP contribution in [0.5, 0.6) is 0 Å². The number of carbonyl (C=O) groups is 3. The zero-order valence-electron chi connectivity index (χ0n) is 27.5. The summed E-state index contributed by atoms with van der Waals surface area (Å²) in [6, 6.07) is 28.0. The maximum Gasteiger partial charge on any atom is 0.409 e. The average Bonchev–Trinajstić information content (AvgIpc) is 3.39. The van der Waals surface area contributed by atoms with Gasteiger partial charge in [0.25, 0.3) is 8.32 Å². The Kier molecular flexibility index (Phi) is 10.2. The van der Waals surface area contributed by atoms with Crippen molar-refractivity contribution in [2.75, 3.05) is 40.5 Å². The summed E-state index contributed by atoms with van der Waals surface area (Å²) < 4.78 is 17.1. The molecular weight excluding hydrogens is 598 g/mol. The van der Waals surface area contributed by atoms with Crippen LogP contribution in [0.4, 0.5) is 9.59 Å².